The van der Waals surface area contributed by atoms with Crippen molar-refractivity contribution in [2.24, 2.45) is 0 Å². The largest absolute Gasteiger partial charge is 0.378 e. The van der Waals surface area contributed by atoms with Gasteiger partial charge in [-0.25, -0.2) is 13.1 Å². The van der Waals surface area contributed by atoms with Crippen molar-refractivity contribution in [3.8, 4) is 0 Å². The predicted octanol–water partition coefficient (Wildman–Crippen LogP) is -1.72. The summed E-state index contributed by atoms with van der Waals surface area (Å²) in [6, 6.07) is 0.00981. The number of ether oxygens (including phenoxy) is 1. The summed E-state index contributed by atoms with van der Waals surface area (Å²) >= 11 is 0. The fourth-order valence-electron chi connectivity index (χ4n) is 1.11. The average molecular weight is 192 g/mol. The van der Waals surface area contributed by atoms with Gasteiger partial charge in [-0.15, -0.1) is 0 Å². The minimum Gasteiger partial charge on any atom is -0.378 e. The Kier molecular flexibility index (Phi) is 2.07. The van der Waals surface area contributed by atoms with E-state index < -0.39 is 10.0 Å². The molecule has 0 unspecified atom stereocenters. The van der Waals surface area contributed by atoms with Crippen molar-refractivity contribution < 1.29 is 13.2 Å². The quantitative estimate of drug-likeness (QED) is 0.558. The molecule has 0 amide bonds. The van der Waals surface area contributed by atoms with Crippen LogP contribution in [0.15, 0.2) is 0 Å². The molecule has 2 N–H and O–H groups in total. The van der Waals surface area contributed by atoms with E-state index in [1.54, 1.807) is 0 Å². The lowest BCUT2D eigenvalue weighted by Crippen LogP contribution is -2.59. The van der Waals surface area contributed by atoms with E-state index in [0.717, 1.165) is 0 Å². The van der Waals surface area contributed by atoms with Crippen LogP contribution in [0.2, 0.25) is 0 Å². The molecule has 0 aromatic carbocycles. The second kappa shape index (κ2) is 2.95. The third-order valence-electron chi connectivity index (χ3n) is 2.15. The van der Waals surface area contributed by atoms with Crippen molar-refractivity contribution in [3.63, 3.8) is 0 Å². The molecule has 2 fully saturated rings. The van der Waals surface area contributed by atoms with Gasteiger partial charge in [0.2, 0.25) is 10.0 Å². The second-order valence-electron chi connectivity index (χ2n) is 3.18. The van der Waals surface area contributed by atoms with Crippen molar-refractivity contribution in [2.45, 2.75) is 11.3 Å². The monoisotopic (exact) mass is 192 g/mol. The first-order valence-electron chi connectivity index (χ1n) is 3.98. The van der Waals surface area contributed by atoms with Gasteiger partial charge in [-0.05, 0) is 0 Å². The van der Waals surface area contributed by atoms with Crippen LogP contribution < -0.4 is 10.0 Å². The van der Waals surface area contributed by atoms with E-state index in [9.17, 15) is 8.42 Å². The zero-order valence-electron chi connectivity index (χ0n) is 6.62. The van der Waals surface area contributed by atoms with E-state index in [-0.39, 0.29) is 11.3 Å². The summed E-state index contributed by atoms with van der Waals surface area (Å²) in [5.74, 6) is 0. The van der Waals surface area contributed by atoms with Crippen LogP contribution in [0.1, 0.15) is 0 Å². The maximum Gasteiger partial charge on any atom is 0.217 e. The Hall–Kier alpha value is -0.170. The van der Waals surface area contributed by atoms with E-state index in [1.165, 1.54) is 0 Å². The molecule has 2 aliphatic rings. The maximum absolute atomic E-state index is 11.4. The van der Waals surface area contributed by atoms with Crippen molar-refractivity contribution >= 4 is 10.0 Å². The molecule has 0 atom stereocenters. The first kappa shape index (κ1) is 8.43. The molecule has 12 heavy (non-hydrogen) atoms. The van der Waals surface area contributed by atoms with Crippen molar-refractivity contribution in [2.75, 3.05) is 26.3 Å². The molecule has 0 aliphatic carbocycles. The van der Waals surface area contributed by atoms with Crippen LogP contribution in [0.4, 0.5) is 0 Å². The summed E-state index contributed by atoms with van der Waals surface area (Å²) < 4.78 is 30.3. The number of rotatable bonds is 3. The smallest absolute Gasteiger partial charge is 0.217 e. The van der Waals surface area contributed by atoms with Crippen LogP contribution in [0.3, 0.4) is 0 Å². The first-order valence-corrected chi connectivity index (χ1v) is 5.53. The van der Waals surface area contributed by atoms with Crippen LogP contribution in [-0.2, 0) is 14.8 Å². The predicted molar refractivity (Wildman–Crippen MR) is 43.3 cm³/mol. The normalized spacial score (nSPS) is 26.3. The van der Waals surface area contributed by atoms with E-state index in [2.05, 4.69) is 10.0 Å². The molecule has 2 rings (SSSR count). The summed E-state index contributed by atoms with van der Waals surface area (Å²) in [5, 5.41) is 2.69. The zero-order valence-corrected chi connectivity index (χ0v) is 7.43. The maximum atomic E-state index is 11.4. The summed E-state index contributed by atoms with van der Waals surface area (Å²) in [4.78, 5) is 0. The van der Waals surface area contributed by atoms with Gasteiger partial charge < -0.3 is 10.1 Å². The molecule has 0 aromatic heterocycles. The standard InChI is InChI=1S/C6H12N2O3S/c9-12(10,6-1-7-2-6)8-5-3-11-4-5/h5-8H,1-4H2. The number of hydrogen-bond acceptors (Lipinski definition) is 4. The van der Waals surface area contributed by atoms with Gasteiger partial charge in [-0.1, -0.05) is 0 Å². The molecular weight excluding hydrogens is 180 g/mol. The molecule has 0 aromatic rings. The van der Waals surface area contributed by atoms with Gasteiger partial charge in [0.25, 0.3) is 0 Å². The van der Waals surface area contributed by atoms with Crippen LogP contribution >= 0.6 is 0 Å². The van der Waals surface area contributed by atoms with Gasteiger partial charge in [0.1, 0.15) is 5.25 Å². The minimum atomic E-state index is -3.08. The van der Waals surface area contributed by atoms with Crippen molar-refractivity contribution in [3.05, 3.63) is 0 Å². The van der Waals surface area contributed by atoms with Gasteiger partial charge in [-0.2, -0.15) is 0 Å². The molecule has 0 radical (unpaired) electrons. The van der Waals surface area contributed by atoms with E-state index in [4.69, 9.17) is 4.74 Å². The number of sulfonamides is 1. The van der Waals surface area contributed by atoms with Gasteiger partial charge in [0.05, 0.1) is 19.3 Å². The summed E-state index contributed by atoms with van der Waals surface area (Å²) in [7, 11) is -3.08. The lowest BCUT2D eigenvalue weighted by Gasteiger charge is -2.32. The second-order valence-corrected chi connectivity index (χ2v) is 5.17. The third-order valence-corrected chi connectivity index (χ3v) is 4.02. The fourth-order valence-corrected chi connectivity index (χ4v) is 2.58. The lowest BCUT2D eigenvalue weighted by molar-refractivity contribution is 0.00465. The van der Waals surface area contributed by atoms with Gasteiger partial charge in [-0.3, -0.25) is 0 Å². The van der Waals surface area contributed by atoms with Crippen molar-refractivity contribution in [1.82, 2.24) is 10.0 Å². The molecular formula is C6H12N2O3S. The van der Waals surface area contributed by atoms with Gasteiger partial charge in [0.15, 0.2) is 0 Å². The molecule has 0 spiro atoms. The van der Waals surface area contributed by atoms with Gasteiger partial charge >= 0.3 is 0 Å². The SMILES string of the molecule is O=S(=O)(NC1COC1)C1CNC1. The van der Waals surface area contributed by atoms with Crippen molar-refractivity contribution in [1.29, 1.82) is 0 Å². The molecule has 6 heteroatoms. The molecule has 2 heterocycles. The zero-order chi connectivity index (χ0) is 8.60. The van der Waals surface area contributed by atoms with E-state index >= 15 is 0 Å². The fraction of sp³-hybridized carbons (Fsp3) is 1.00. The van der Waals surface area contributed by atoms with E-state index in [0.29, 0.717) is 26.3 Å². The Labute approximate surface area is 71.5 Å². The first-order chi connectivity index (χ1) is 5.68. The Balaban J connectivity index is 1.90. The van der Waals surface area contributed by atoms with Crippen LogP contribution in [0.25, 0.3) is 0 Å². The highest BCUT2D eigenvalue weighted by atomic mass is 32.2. The minimum absolute atomic E-state index is 0.00981. The molecule has 70 valence electrons. The highest BCUT2D eigenvalue weighted by Crippen LogP contribution is 2.08. The van der Waals surface area contributed by atoms with Crippen LogP contribution in [0.5, 0.6) is 0 Å². The molecule has 2 saturated heterocycles. The molecule has 2 aliphatic heterocycles. The van der Waals surface area contributed by atoms with Gasteiger partial charge in [0, 0.05) is 13.1 Å². The highest BCUT2D eigenvalue weighted by molar-refractivity contribution is 7.90. The van der Waals surface area contributed by atoms with E-state index in [1.807, 2.05) is 0 Å². The lowest BCUT2D eigenvalue weighted by atomic mass is 10.3. The number of hydrogen-bond donors (Lipinski definition) is 2. The summed E-state index contributed by atoms with van der Waals surface area (Å²) in [6.45, 7) is 2.17. The highest BCUT2D eigenvalue weighted by Gasteiger charge is 2.34. The Morgan fingerprint density at radius 3 is 2.33 bits per heavy atom. The average Bonchev–Trinajstić information content (AvgIpc) is 1.73. The number of nitrogens with one attached hydrogen (secondary N) is 2. The van der Waals surface area contributed by atoms with Crippen LogP contribution in [-0.4, -0.2) is 46.0 Å². The van der Waals surface area contributed by atoms with Crippen LogP contribution in [0, 0.1) is 0 Å². The Morgan fingerprint density at radius 1 is 1.33 bits per heavy atom. The summed E-state index contributed by atoms with van der Waals surface area (Å²) in [6.07, 6.45) is 0. The molecule has 0 saturated carbocycles. The molecule has 0 bridgehead atoms. The Bertz CT molecular complexity index is 256. The Morgan fingerprint density at radius 2 is 2.00 bits per heavy atom. The molecule has 5 nitrogen and oxygen atoms in total. The summed E-state index contributed by atoms with van der Waals surface area (Å²) in [5.41, 5.74) is 0. The topological polar surface area (TPSA) is 67.4 Å². The third kappa shape index (κ3) is 1.47.